The molecule has 6 aromatic carbocycles. The first-order chi connectivity index (χ1) is 37.0. The second-order valence-corrected chi connectivity index (χ2v) is 22.5. The predicted molar refractivity (Wildman–Crippen MR) is 304 cm³/mol. The van der Waals surface area contributed by atoms with Crippen molar-refractivity contribution >= 4 is 72.2 Å². The van der Waals surface area contributed by atoms with Gasteiger partial charge in [-0.15, -0.1) is 0 Å². The summed E-state index contributed by atoms with van der Waals surface area (Å²) < 4.78 is 35.8. The lowest BCUT2D eigenvalue weighted by Gasteiger charge is -2.37. The Hall–Kier alpha value is -6.79. The Labute approximate surface area is 462 Å². The van der Waals surface area contributed by atoms with E-state index in [0.717, 1.165) is 44.3 Å². The molecule has 0 saturated carbocycles. The topological polar surface area (TPSA) is 228 Å². The third kappa shape index (κ3) is 11.2. The molecule has 10 rings (SSSR count). The standard InChI is InChI=1S/C29H28ClN4O5P.C27H23Cl2N4O4P/c1-19-5-4-6-20(13-19)24-15-28(35)34(3)26-12-9-22(14-25(24)26)29(27-16-31-17-33(27)2,32-18-39-40(36,37)38)21-7-10-23(30)11-8-21;1-32-16-30-15-25(32)27(31-38(35,36)37,18-6-9-20(28)10-7-18)19-8-11-24-23(13-19)22(14-26(34)33(24)2)17-4-3-5-21(29)12-17/h4-17,32H,18H2,1-3H3,(H2,36,37,38);3-16H,1-2H3,(H3,31,35,36,37)/t29-;27-/m11/s1. The summed E-state index contributed by atoms with van der Waals surface area (Å²) in [4.78, 5) is 73.8. The van der Waals surface area contributed by atoms with Crippen LogP contribution in [0.3, 0.4) is 0 Å². The van der Waals surface area contributed by atoms with Gasteiger partial charge >= 0.3 is 15.6 Å². The fourth-order valence-electron chi connectivity index (χ4n) is 10.0. The van der Waals surface area contributed by atoms with Crippen molar-refractivity contribution in [1.29, 1.82) is 0 Å². The van der Waals surface area contributed by atoms with Gasteiger partial charge in [0.25, 0.3) is 11.1 Å². The minimum Gasteiger partial charge on any atom is -0.335 e. The van der Waals surface area contributed by atoms with Gasteiger partial charge in [-0.1, -0.05) is 113 Å². The van der Waals surface area contributed by atoms with Gasteiger partial charge < -0.3 is 37.8 Å². The maximum Gasteiger partial charge on any atom is 0.470 e. The number of halogens is 3. The van der Waals surface area contributed by atoms with Gasteiger partial charge in [-0.2, -0.15) is 0 Å². The van der Waals surface area contributed by atoms with Crippen molar-refractivity contribution in [2.75, 3.05) is 6.73 Å². The number of aryl methyl sites for hydroxylation is 5. The molecule has 78 heavy (non-hydrogen) atoms. The summed E-state index contributed by atoms with van der Waals surface area (Å²) >= 11 is 18.7. The highest BCUT2D eigenvalue weighted by atomic mass is 35.5. The first kappa shape index (κ1) is 55.9. The summed E-state index contributed by atoms with van der Waals surface area (Å²) in [5, 5.41) is 8.89. The highest BCUT2D eigenvalue weighted by Crippen LogP contribution is 2.47. The summed E-state index contributed by atoms with van der Waals surface area (Å²) in [6.45, 7) is 1.52. The molecule has 0 aliphatic heterocycles. The second kappa shape index (κ2) is 22.2. The number of benzene rings is 6. The van der Waals surface area contributed by atoms with Gasteiger partial charge in [0.1, 0.15) is 17.8 Å². The molecule has 0 bridgehead atoms. The first-order valence-electron chi connectivity index (χ1n) is 23.9. The summed E-state index contributed by atoms with van der Waals surface area (Å²) in [7, 11) is -2.64. The molecule has 6 N–H and O–H groups in total. The van der Waals surface area contributed by atoms with E-state index in [-0.39, 0.29) is 11.1 Å². The molecule has 4 aromatic heterocycles. The van der Waals surface area contributed by atoms with Crippen molar-refractivity contribution in [3.8, 4) is 22.3 Å². The monoisotopic (exact) mass is 1150 g/mol. The maximum atomic E-state index is 13.0. The Bertz CT molecular complexity index is 4120. The van der Waals surface area contributed by atoms with E-state index in [0.29, 0.717) is 54.0 Å². The molecule has 22 heteroatoms. The number of imidazole rings is 2. The van der Waals surface area contributed by atoms with Gasteiger partial charge in [-0.3, -0.25) is 19.4 Å². The van der Waals surface area contributed by atoms with Gasteiger partial charge in [-0.25, -0.2) is 24.2 Å². The van der Waals surface area contributed by atoms with Crippen LogP contribution in [0.5, 0.6) is 0 Å². The average Bonchev–Trinajstić information content (AvgIpc) is 4.16. The second-order valence-electron chi connectivity index (χ2n) is 18.6. The highest BCUT2D eigenvalue weighted by molar-refractivity contribution is 7.49. The van der Waals surface area contributed by atoms with E-state index >= 15 is 0 Å². The molecule has 0 saturated heterocycles. The van der Waals surface area contributed by atoms with E-state index in [1.54, 1.807) is 128 Å². The van der Waals surface area contributed by atoms with Crippen LogP contribution in [-0.4, -0.2) is 54.5 Å². The number of pyridine rings is 2. The lowest BCUT2D eigenvalue weighted by molar-refractivity contribution is 0.167. The number of rotatable bonds is 14. The van der Waals surface area contributed by atoms with E-state index in [1.165, 1.54) is 10.6 Å². The summed E-state index contributed by atoms with van der Waals surface area (Å²) in [5.41, 5.74) is 6.08. The van der Waals surface area contributed by atoms with E-state index < -0.39 is 33.4 Å². The molecule has 400 valence electrons. The SMILES string of the molecule is Cc1cccc(-c2cc(=O)n(C)c3ccc([C@](NCOP(=O)(O)O)(c4ccc(Cl)cc4)c4cncn4C)cc23)c1.Cn1cncc1[C@@](NP(=O)(O)O)(c1ccc(Cl)cc1)c1ccc2c(c1)c(-c1cccc(Cl)c1)cc(=O)n2C. The maximum absolute atomic E-state index is 13.0. The van der Waals surface area contributed by atoms with Crippen LogP contribution in [-0.2, 0) is 52.9 Å². The number of hydrogen-bond donors (Lipinski definition) is 6. The minimum atomic E-state index is -4.84. The Kier molecular flexibility index (Phi) is 15.9. The predicted octanol–water partition coefficient (Wildman–Crippen LogP) is 10.1. The lowest BCUT2D eigenvalue weighted by Crippen LogP contribution is -2.46. The number of phosphoric ester groups is 1. The zero-order chi connectivity index (χ0) is 55.9. The fraction of sp³-hybridized carbons (Fsp3) is 0.143. The molecule has 4 heterocycles. The molecule has 0 spiro atoms. The molecule has 0 aliphatic rings. The Morgan fingerprint density at radius 1 is 0.551 bits per heavy atom. The molecule has 10 aromatic rings. The van der Waals surface area contributed by atoms with Gasteiger partial charge in [0.15, 0.2) is 0 Å². The highest BCUT2D eigenvalue weighted by Gasteiger charge is 2.44. The zero-order valence-electron chi connectivity index (χ0n) is 42.4. The summed E-state index contributed by atoms with van der Waals surface area (Å²) in [6.07, 6.45) is 6.45. The normalized spacial score (nSPS) is 13.5. The third-order valence-electron chi connectivity index (χ3n) is 13.7. The zero-order valence-corrected chi connectivity index (χ0v) is 46.5. The van der Waals surface area contributed by atoms with Crippen LogP contribution in [0.25, 0.3) is 44.1 Å². The van der Waals surface area contributed by atoms with Gasteiger partial charge in [-0.05, 0) is 112 Å². The van der Waals surface area contributed by atoms with E-state index in [2.05, 4.69) is 20.4 Å². The quantitative estimate of drug-likeness (QED) is 0.0441. The molecule has 0 fully saturated rings. The van der Waals surface area contributed by atoms with Crippen molar-refractivity contribution in [3.05, 3.63) is 246 Å². The molecule has 0 radical (unpaired) electrons. The molecule has 2 atom stereocenters. The van der Waals surface area contributed by atoms with Gasteiger partial charge in [0.05, 0.1) is 47.5 Å². The van der Waals surface area contributed by atoms with Crippen LogP contribution >= 0.6 is 50.4 Å². The van der Waals surface area contributed by atoms with E-state index in [1.807, 2.05) is 85.3 Å². The average molecular weight is 1150 g/mol. The molecule has 0 aliphatic carbocycles. The van der Waals surface area contributed by atoms with Crippen LogP contribution in [0, 0.1) is 6.92 Å². The van der Waals surface area contributed by atoms with Crippen molar-refractivity contribution in [2.45, 2.75) is 18.0 Å². The minimum absolute atomic E-state index is 0.138. The van der Waals surface area contributed by atoms with E-state index in [4.69, 9.17) is 39.3 Å². The summed E-state index contributed by atoms with van der Waals surface area (Å²) in [6, 6.07) is 43.3. The number of nitrogens with one attached hydrogen (secondary N) is 2. The number of hydrogen-bond acceptors (Lipinski definition) is 8. The Balaban J connectivity index is 0.000000190. The van der Waals surface area contributed by atoms with Crippen molar-refractivity contribution in [3.63, 3.8) is 0 Å². The third-order valence-corrected chi connectivity index (χ3v) is 15.5. The molecule has 0 amide bonds. The number of nitrogens with zero attached hydrogens (tertiary/aromatic N) is 6. The van der Waals surface area contributed by atoms with Crippen molar-refractivity contribution in [1.82, 2.24) is 38.6 Å². The largest absolute Gasteiger partial charge is 0.470 e. The van der Waals surface area contributed by atoms with Crippen LogP contribution in [0.2, 0.25) is 15.1 Å². The van der Waals surface area contributed by atoms with Gasteiger partial charge in [0, 0.05) is 66.2 Å². The molecular formula is C56H51Cl3N8O9P2. The number of aromatic nitrogens is 6. The van der Waals surface area contributed by atoms with Crippen molar-refractivity contribution in [2.24, 2.45) is 28.2 Å². The van der Waals surface area contributed by atoms with E-state index in [9.17, 15) is 38.3 Å². The Morgan fingerprint density at radius 2 is 1.00 bits per heavy atom. The Morgan fingerprint density at radius 3 is 1.45 bits per heavy atom. The van der Waals surface area contributed by atoms with Gasteiger partial charge in [0.2, 0.25) is 0 Å². The first-order valence-corrected chi connectivity index (χ1v) is 28.1. The molecule has 0 unspecified atom stereocenters. The van der Waals surface area contributed by atoms with Crippen LogP contribution in [0.4, 0.5) is 0 Å². The smallest absolute Gasteiger partial charge is 0.335 e. The number of fused-ring (bicyclic) bond motifs is 2. The molecular weight excluding hydrogens is 1100 g/mol. The summed E-state index contributed by atoms with van der Waals surface area (Å²) in [5.74, 6) is 0. The lowest BCUT2D eigenvalue weighted by atomic mass is 9.79. The van der Waals surface area contributed by atoms with Crippen LogP contribution in [0.15, 0.2) is 180 Å². The van der Waals surface area contributed by atoms with Crippen LogP contribution in [0.1, 0.15) is 39.2 Å². The molecule has 17 nitrogen and oxygen atoms in total. The fourth-order valence-corrected chi connectivity index (χ4v) is 11.5. The van der Waals surface area contributed by atoms with Crippen LogP contribution < -0.4 is 21.5 Å². The number of phosphoric acid groups is 1. The van der Waals surface area contributed by atoms with Crippen molar-refractivity contribution < 1.29 is 33.2 Å².